The Morgan fingerprint density at radius 2 is 1.73 bits per heavy atom. The number of hydrogen-bond acceptors (Lipinski definition) is 1. The Balaban J connectivity index is 4.56. The summed E-state index contributed by atoms with van der Waals surface area (Å²) in [5, 5.41) is 9.78. The van der Waals surface area contributed by atoms with Gasteiger partial charge in [0.05, 0.1) is 13.7 Å². The molecule has 0 aromatic carbocycles. The van der Waals surface area contributed by atoms with Crippen molar-refractivity contribution in [3.63, 3.8) is 0 Å². The fraction of sp³-hybridized carbons (Fsp3) is 0.778. The maximum Gasteiger partial charge on any atom is 0.0630 e. The van der Waals surface area contributed by atoms with E-state index >= 15 is 0 Å². The molecule has 0 radical (unpaired) electrons. The molecule has 0 fully saturated rings. The molecule has 0 amide bonds. The summed E-state index contributed by atoms with van der Waals surface area (Å²) < 4.78 is 0. The van der Waals surface area contributed by atoms with E-state index in [0.29, 0.717) is 0 Å². The van der Waals surface area contributed by atoms with E-state index in [4.69, 9.17) is 0 Å². The zero-order valence-corrected chi connectivity index (χ0v) is 9.31. The van der Waals surface area contributed by atoms with Gasteiger partial charge < -0.3 is 5.11 Å². The van der Waals surface area contributed by atoms with Gasteiger partial charge in [0.25, 0.3) is 0 Å². The van der Waals surface area contributed by atoms with Crippen LogP contribution in [0.2, 0.25) is 25.2 Å². The van der Waals surface area contributed by atoms with Gasteiger partial charge in [0.1, 0.15) is 0 Å². The van der Waals surface area contributed by atoms with Crippen LogP contribution in [0.3, 0.4) is 0 Å². The van der Waals surface area contributed by atoms with Gasteiger partial charge in [0, 0.05) is 0 Å². The van der Waals surface area contributed by atoms with Gasteiger partial charge in [-0.05, 0) is 19.4 Å². The van der Waals surface area contributed by atoms with E-state index in [1.807, 2.05) is 19.9 Å². The molecule has 0 aliphatic carbocycles. The standard InChI is InChI=1S/C9H20OSi/c1-7-8(9(2,3)10)11(4,5)6/h7-8,10H,1H2,2-6H3. The summed E-state index contributed by atoms with van der Waals surface area (Å²) in [5.41, 5.74) is -0.332. The maximum absolute atomic E-state index is 9.78. The Labute approximate surface area is 71.1 Å². The van der Waals surface area contributed by atoms with Crippen LogP contribution < -0.4 is 0 Å². The van der Waals surface area contributed by atoms with Crippen LogP contribution in [0.5, 0.6) is 0 Å². The normalized spacial score (nSPS) is 16.2. The van der Waals surface area contributed by atoms with Crippen molar-refractivity contribution >= 4 is 8.07 Å². The van der Waals surface area contributed by atoms with Crippen molar-refractivity contribution < 1.29 is 5.11 Å². The molecule has 1 atom stereocenters. The molecule has 0 aromatic rings. The SMILES string of the molecule is C=CC(C(C)(C)O)[Si](C)(C)C. The first-order chi connectivity index (χ1) is 4.69. The van der Waals surface area contributed by atoms with Crippen LogP contribution in [0.4, 0.5) is 0 Å². The van der Waals surface area contributed by atoms with E-state index < -0.39 is 13.7 Å². The molecule has 0 rings (SSSR count). The minimum Gasteiger partial charge on any atom is -0.390 e. The summed E-state index contributed by atoms with van der Waals surface area (Å²) in [6.07, 6.45) is 1.90. The van der Waals surface area contributed by atoms with Gasteiger partial charge in [-0.15, -0.1) is 6.58 Å². The van der Waals surface area contributed by atoms with E-state index in [0.717, 1.165) is 0 Å². The third-order valence-corrected chi connectivity index (χ3v) is 4.74. The fourth-order valence-corrected chi connectivity index (χ4v) is 4.53. The van der Waals surface area contributed by atoms with Crippen molar-refractivity contribution in [2.45, 2.75) is 44.6 Å². The highest BCUT2D eigenvalue weighted by atomic mass is 28.3. The summed E-state index contributed by atoms with van der Waals surface area (Å²) in [4.78, 5) is 0. The summed E-state index contributed by atoms with van der Waals surface area (Å²) >= 11 is 0. The van der Waals surface area contributed by atoms with E-state index in [1.54, 1.807) is 0 Å². The highest BCUT2D eigenvalue weighted by molar-refractivity contribution is 6.78. The second-order valence-electron chi connectivity index (χ2n) is 4.73. The predicted molar refractivity (Wildman–Crippen MR) is 53.6 cm³/mol. The summed E-state index contributed by atoms with van der Waals surface area (Å²) in [6, 6.07) is 0. The van der Waals surface area contributed by atoms with Crippen molar-refractivity contribution in [3.05, 3.63) is 12.7 Å². The van der Waals surface area contributed by atoms with E-state index in [9.17, 15) is 5.11 Å². The largest absolute Gasteiger partial charge is 0.390 e. The minimum absolute atomic E-state index is 0.273. The van der Waals surface area contributed by atoms with E-state index in [2.05, 4.69) is 26.2 Å². The molecule has 11 heavy (non-hydrogen) atoms. The fourth-order valence-electron chi connectivity index (χ4n) is 1.70. The highest BCUT2D eigenvalue weighted by Crippen LogP contribution is 2.33. The molecule has 0 saturated carbocycles. The molecule has 0 saturated heterocycles. The van der Waals surface area contributed by atoms with Crippen LogP contribution in [-0.2, 0) is 0 Å². The minimum atomic E-state index is -1.29. The van der Waals surface area contributed by atoms with Crippen molar-refractivity contribution in [3.8, 4) is 0 Å². The molecule has 1 N–H and O–H groups in total. The van der Waals surface area contributed by atoms with Crippen molar-refractivity contribution in [2.75, 3.05) is 0 Å². The predicted octanol–water partition coefficient (Wildman–Crippen LogP) is 2.65. The van der Waals surface area contributed by atoms with Crippen LogP contribution in [0.15, 0.2) is 12.7 Å². The Hall–Kier alpha value is -0.0831. The van der Waals surface area contributed by atoms with Gasteiger partial charge in [0.15, 0.2) is 0 Å². The number of aliphatic hydroxyl groups is 1. The van der Waals surface area contributed by atoms with Gasteiger partial charge in [-0.3, -0.25) is 0 Å². The molecule has 0 spiro atoms. The Morgan fingerprint density at radius 1 is 1.36 bits per heavy atom. The zero-order valence-electron chi connectivity index (χ0n) is 8.31. The highest BCUT2D eigenvalue weighted by Gasteiger charge is 2.35. The van der Waals surface area contributed by atoms with Gasteiger partial charge in [-0.2, -0.15) is 0 Å². The van der Waals surface area contributed by atoms with Crippen LogP contribution in [0.1, 0.15) is 13.8 Å². The van der Waals surface area contributed by atoms with Crippen molar-refractivity contribution in [1.29, 1.82) is 0 Å². The van der Waals surface area contributed by atoms with Crippen LogP contribution >= 0.6 is 0 Å². The molecule has 0 heterocycles. The zero-order chi connectivity index (χ0) is 9.28. The second kappa shape index (κ2) is 3.11. The lowest BCUT2D eigenvalue weighted by atomic mass is 10.1. The third-order valence-electron chi connectivity index (χ3n) is 1.93. The molecule has 0 bridgehead atoms. The average Bonchev–Trinajstić information content (AvgIpc) is 1.56. The van der Waals surface area contributed by atoms with E-state index in [1.165, 1.54) is 0 Å². The molecule has 66 valence electrons. The molecular weight excluding hydrogens is 152 g/mol. The van der Waals surface area contributed by atoms with Crippen LogP contribution in [-0.4, -0.2) is 18.8 Å². The molecule has 0 aliphatic heterocycles. The number of rotatable bonds is 3. The summed E-state index contributed by atoms with van der Waals surface area (Å²) in [7, 11) is -1.29. The molecule has 1 nitrogen and oxygen atoms in total. The molecule has 2 heteroatoms. The Bertz CT molecular complexity index is 125. The third kappa shape index (κ3) is 3.21. The first-order valence-electron chi connectivity index (χ1n) is 4.04. The smallest absolute Gasteiger partial charge is 0.0630 e. The first kappa shape index (κ1) is 10.9. The summed E-state index contributed by atoms with van der Waals surface area (Å²) in [6.45, 7) is 14.2. The Morgan fingerprint density at radius 3 is 1.73 bits per heavy atom. The molecule has 0 aliphatic rings. The lowest BCUT2D eigenvalue weighted by molar-refractivity contribution is 0.0820. The summed E-state index contributed by atoms with van der Waals surface area (Å²) in [5.74, 6) is 0. The number of hydrogen-bond donors (Lipinski definition) is 1. The van der Waals surface area contributed by atoms with Gasteiger partial charge in [0.2, 0.25) is 0 Å². The van der Waals surface area contributed by atoms with Gasteiger partial charge in [-0.25, -0.2) is 0 Å². The van der Waals surface area contributed by atoms with Crippen LogP contribution in [0.25, 0.3) is 0 Å². The lowest BCUT2D eigenvalue weighted by Gasteiger charge is -2.35. The quantitative estimate of drug-likeness (QED) is 0.512. The maximum atomic E-state index is 9.78. The molecule has 1 unspecified atom stereocenters. The van der Waals surface area contributed by atoms with E-state index in [-0.39, 0.29) is 5.54 Å². The van der Waals surface area contributed by atoms with Crippen LogP contribution in [0, 0.1) is 0 Å². The van der Waals surface area contributed by atoms with Gasteiger partial charge in [-0.1, -0.05) is 25.7 Å². The lowest BCUT2D eigenvalue weighted by Crippen LogP contribution is -2.40. The van der Waals surface area contributed by atoms with Gasteiger partial charge >= 0.3 is 0 Å². The van der Waals surface area contributed by atoms with Crippen molar-refractivity contribution in [2.24, 2.45) is 0 Å². The topological polar surface area (TPSA) is 20.2 Å². The first-order valence-corrected chi connectivity index (χ1v) is 7.62. The molecular formula is C9H20OSi. The van der Waals surface area contributed by atoms with Crippen molar-refractivity contribution in [1.82, 2.24) is 0 Å². The Kier molecular flexibility index (Phi) is 3.09. The molecule has 0 aromatic heterocycles. The average molecular weight is 172 g/mol. The monoisotopic (exact) mass is 172 g/mol. The second-order valence-corrected chi connectivity index (χ2v) is 10.1.